The minimum absolute atomic E-state index is 0.0601. The normalized spacial score (nSPS) is 13.6. The number of nitrogens with zero attached hydrogens (tertiary/aromatic N) is 1. The van der Waals surface area contributed by atoms with Crippen LogP contribution in [0.25, 0.3) is 23.4 Å². The van der Waals surface area contributed by atoms with E-state index in [0.717, 1.165) is 33.9 Å². The maximum atomic E-state index is 9.10. The van der Waals surface area contributed by atoms with E-state index in [9.17, 15) is 0 Å². The molecule has 1 heterocycles. The molecular formula is C19H19N3O. The van der Waals surface area contributed by atoms with E-state index in [2.05, 4.69) is 23.5 Å². The molecule has 116 valence electrons. The Labute approximate surface area is 135 Å². The Balaban J connectivity index is 2.16. The molecular weight excluding hydrogens is 286 g/mol. The van der Waals surface area contributed by atoms with Crippen LogP contribution in [-0.2, 0) is 0 Å². The Morgan fingerprint density at radius 3 is 2.96 bits per heavy atom. The molecule has 0 aromatic heterocycles. The zero-order valence-corrected chi connectivity index (χ0v) is 13.0. The Morgan fingerprint density at radius 1 is 1.30 bits per heavy atom. The lowest BCUT2D eigenvalue weighted by atomic mass is 10.0. The van der Waals surface area contributed by atoms with Gasteiger partial charge in [0.2, 0.25) is 0 Å². The second-order valence-electron chi connectivity index (χ2n) is 5.59. The molecule has 0 spiro atoms. The van der Waals surface area contributed by atoms with Crippen molar-refractivity contribution in [3.8, 4) is 22.9 Å². The van der Waals surface area contributed by atoms with Crippen LogP contribution in [0.2, 0.25) is 0 Å². The van der Waals surface area contributed by atoms with Crippen LogP contribution in [0.3, 0.4) is 0 Å². The van der Waals surface area contributed by atoms with Gasteiger partial charge in [-0.15, -0.1) is 0 Å². The number of benzene rings is 2. The zero-order chi connectivity index (χ0) is 16.2. The van der Waals surface area contributed by atoms with E-state index in [4.69, 9.17) is 15.7 Å². The van der Waals surface area contributed by atoms with Gasteiger partial charge in [-0.25, -0.2) is 0 Å². The molecule has 1 aliphatic rings. The number of nitrogens with two attached hydrogens (primary N) is 1. The summed E-state index contributed by atoms with van der Waals surface area (Å²) in [5.41, 5.74) is 8.37. The van der Waals surface area contributed by atoms with Crippen molar-refractivity contribution in [1.29, 1.82) is 5.26 Å². The largest absolute Gasteiger partial charge is 0.489 e. The molecule has 1 atom stereocenters. The van der Waals surface area contributed by atoms with Crippen LogP contribution in [-0.4, -0.2) is 19.2 Å². The fourth-order valence-electron chi connectivity index (χ4n) is 2.60. The molecule has 0 saturated carbocycles. The van der Waals surface area contributed by atoms with Crippen molar-refractivity contribution in [3.63, 3.8) is 0 Å². The summed E-state index contributed by atoms with van der Waals surface area (Å²) in [5, 5.41) is 14.5. The summed E-state index contributed by atoms with van der Waals surface area (Å²) < 4.78 is 6.00. The average Bonchev–Trinajstić information content (AvgIpc) is 2.61. The molecule has 3 N–H and O–H groups in total. The first-order valence-electron chi connectivity index (χ1n) is 7.66. The van der Waals surface area contributed by atoms with Crippen LogP contribution >= 0.6 is 0 Å². The SMILES string of the molecule is CC(CN)Oc1cc(-c2cccc(C#N)c2)cc2c1=CNCC=2. The zero-order valence-electron chi connectivity index (χ0n) is 13.0. The highest BCUT2D eigenvalue weighted by molar-refractivity contribution is 5.68. The van der Waals surface area contributed by atoms with E-state index < -0.39 is 0 Å². The number of fused-ring (bicyclic) bond motifs is 1. The van der Waals surface area contributed by atoms with Crippen LogP contribution in [0.15, 0.2) is 36.4 Å². The maximum absolute atomic E-state index is 9.10. The molecule has 0 fully saturated rings. The predicted octanol–water partition coefficient (Wildman–Crippen LogP) is 1.07. The minimum atomic E-state index is -0.0601. The van der Waals surface area contributed by atoms with Crippen molar-refractivity contribution in [2.75, 3.05) is 13.1 Å². The molecule has 4 heteroatoms. The highest BCUT2D eigenvalue weighted by Crippen LogP contribution is 2.22. The van der Waals surface area contributed by atoms with Crippen molar-refractivity contribution in [2.24, 2.45) is 5.73 Å². The summed E-state index contributed by atoms with van der Waals surface area (Å²) in [6.45, 7) is 3.20. The van der Waals surface area contributed by atoms with Gasteiger partial charge < -0.3 is 15.8 Å². The molecule has 0 amide bonds. The van der Waals surface area contributed by atoms with E-state index in [1.807, 2.05) is 37.4 Å². The Morgan fingerprint density at radius 2 is 2.17 bits per heavy atom. The monoisotopic (exact) mass is 305 g/mol. The molecule has 23 heavy (non-hydrogen) atoms. The van der Waals surface area contributed by atoms with E-state index in [1.165, 1.54) is 0 Å². The summed E-state index contributed by atoms with van der Waals surface area (Å²) >= 11 is 0. The van der Waals surface area contributed by atoms with Crippen molar-refractivity contribution < 1.29 is 4.74 Å². The van der Waals surface area contributed by atoms with Gasteiger partial charge in [0, 0.05) is 24.5 Å². The first-order chi connectivity index (χ1) is 11.2. The smallest absolute Gasteiger partial charge is 0.129 e. The average molecular weight is 305 g/mol. The lowest BCUT2D eigenvalue weighted by Crippen LogP contribution is -2.36. The van der Waals surface area contributed by atoms with Gasteiger partial charge in [0.1, 0.15) is 11.9 Å². The third-order valence-corrected chi connectivity index (χ3v) is 3.85. The molecule has 0 bridgehead atoms. The Kier molecular flexibility index (Phi) is 4.31. The lowest BCUT2D eigenvalue weighted by molar-refractivity contribution is 0.228. The third kappa shape index (κ3) is 3.20. The predicted molar refractivity (Wildman–Crippen MR) is 91.9 cm³/mol. The summed E-state index contributed by atoms with van der Waals surface area (Å²) in [6.07, 6.45) is 4.05. The molecule has 0 aliphatic carbocycles. The van der Waals surface area contributed by atoms with E-state index >= 15 is 0 Å². The third-order valence-electron chi connectivity index (χ3n) is 3.85. The molecule has 4 nitrogen and oxygen atoms in total. The fourth-order valence-corrected chi connectivity index (χ4v) is 2.60. The summed E-state index contributed by atoms with van der Waals surface area (Å²) in [6, 6.07) is 13.9. The Bertz CT molecular complexity index is 880. The molecule has 0 radical (unpaired) electrons. The number of ether oxygens (including phenoxy) is 1. The molecule has 2 aromatic rings. The van der Waals surface area contributed by atoms with Crippen LogP contribution in [0, 0.1) is 11.3 Å². The summed E-state index contributed by atoms with van der Waals surface area (Å²) in [5.74, 6) is 0.807. The number of rotatable bonds is 4. The number of hydrogen-bond donors (Lipinski definition) is 2. The Hall–Kier alpha value is -2.77. The topological polar surface area (TPSA) is 71.1 Å². The molecule has 0 saturated heterocycles. The van der Waals surface area contributed by atoms with E-state index in [1.54, 1.807) is 6.07 Å². The van der Waals surface area contributed by atoms with Crippen LogP contribution < -0.4 is 26.2 Å². The van der Waals surface area contributed by atoms with Gasteiger partial charge in [-0.3, -0.25) is 0 Å². The lowest BCUT2D eigenvalue weighted by Gasteiger charge is -2.16. The van der Waals surface area contributed by atoms with Gasteiger partial charge in [0.05, 0.1) is 11.6 Å². The second kappa shape index (κ2) is 6.55. The highest BCUT2D eigenvalue weighted by Gasteiger charge is 2.09. The number of hydrogen-bond acceptors (Lipinski definition) is 4. The van der Waals surface area contributed by atoms with Crippen LogP contribution in [0.5, 0.6) is 5.75 Å². The van der Waals surface area contributed by atoms with Crippen molar-refractivity contribution >= 4 is 12.3 Å². The maximum Gasteiger partial charge on any atom is 0.129 e. The minimum Gasteiger partial charge on any atom is -0.489 e. The van der Waals surface area contributed by atoms with Gasteiger partial charge in [0.25, 0.3) is 0 Å². The standard InChI is InChI=1S/C19H19N3O/c1-13(10-20)23-19-9-17(8-16-5-6-22-12-18(16)19)15-4-2-3-14(7-15)11-21/h2-5,7-9,12-13,22H,6,10,20H2,1H3. The first-order valence-corrected chi connectivity index (χ1v) is 7.66. The van der Waals surface area contributed by atoms with Crippen molar-refractivity contribution in [3.05, 3.63) is 52.4 Å². The number of nitrogens with one attached hydrogen (secondary N) is 1. The van der Waals surface area contributed by atoms with Crippen molar-refractivity contribution in [1.82, 2.24) is 5.32 Å². The van der Waals surface area contributed by atoms with Gasteiger partial charge in [-0.05, 0) is 47.5 Å². The summed E-state index contributed by atoms with van der Waals surface area (Å²) in [7, 11) is 0. The van der Waals surface area contributed by atoms with Gasteiger partial charge in [0.15, 0.2) is 0 Å². The van der Waals surface area contributed by atoms with E-state index in [0.29, 0.717) is 12.1 Å². The first kappa shape index (κ1) is 15.1. The van der Waals surface area contributed by atoms with Gasteiger partial charge in [-0.1, -0.05) is 18.2 Å². The number of nitriles is 1. The van der Waals surface area contributed by atoms with Crippen molar-refractivity contribution in [2.45, 2.75) is 13.0 Å². The highest BCUT2D eigenvalue weighted by atomic mass is 16.5. The van der Waals surface area contributed by atoms with Crippen LogP contribution in [0.4, 0.5) is 0 Å². The molecule has 3 rings (SSSR count). The fraction of sp³-hybridized carbons (Fsp3) is 0.211. The second-order valence-corrected chi connectivity index (χ2v) is 5.59. The quantitative estimate of drug-likeness (QED) is 0.886. The van der Waals surface area contributed by atoms with Gasteiger partial charge in [-0.2, -0.15) is 5.26 Å². The van der Waals surface area contributed by atoms with Gasteiger partial charge >= 0.3 is 0 Å². The molecule has 1 unspecified atom stereocenters. The molecule has 2 aromatic carbocycles. The van der Waals surface area contributed by atoms with Crippen LogP contribution in [0.1, 0.15) is 12.5 Å². The van der Waals surface area contributed by atoms with E-state index in [-0.39, 0.29) is 6.10 Å². The summed E-state index contributed by atoms with van der Waals surface area (Å²) in [4.78, 5) is 0. The molecule has 1 aliphatic heterocycles.